The van der Waals surface area contributed by atoms with Gasteiger partial charge in [0.05, 0.1) is 12.7 Å². The number of pyridine rings is 1. The molecule has 6 nitrogen and oxygen atoms in total. The van der Waals surface area contributed by atoms with Crippen LogP contribution >= 0.6 is 0 Å². The third kappa shape index (κ3) is 2.84. The van der Waals surface area contributed by atoms with Crippen LogP contribution in [0.25, 0.3) is 11.5 Å². The van der Waals surface area contributed by atoms with Crippen LogP contribution in [-0.4, -0.2) is 22.3 Å². The van der Waals surface area contributed by atoms with Crippen LogP contribution in [0.2, 0.25) is 0 Å². The van der Waals surface area contributed by atoms with Crippen LogP contribution in [0.1, 0.15) is 5.69 Å². The summed E-state index contributed by atoms with van der Waals surface area (Å²) in [6.07, 6.45) is 1.73. The molecule has 0 aliphatic heterocycles. The molecule has 1 aromatic carbocycles. The number of nitrogens with zero attached hydrogens (tertiary/aromatic N) is 3. The molecule has 6 heteroatoms. The second-order valence-corrected chi connectivity index (χ2v) is 4.41. The van der Waals surface area contributed by atoms with E-state index in [2.05, 4.69) is 20.5 Å². The molecule has 0 saturated carbocycles. The van der Waals surface area contributed by atoms with Crippen LogP contribution in [-0.2, 0) is 0 Å². The fraction of sp³-hybridized carbons (Fsp3) is 0.133. The van der Waals surface area contributed by atoms with E-state index >= 15 is 0 Å². The molecule has 3 rings (SSSR count). The third-order valence-electron chi connectivity index (χ3n) is 2.98. The van der Waals surface area contributed by atoms with Gasteiger partial charge in [-0.2, -0.15) is 0 Å². The number of anilines is 2. The van der Waals surface area contributed by atoms with Gasteiger partial charge in [0.15, 0.2) is 0 Å². The van der Waals surface area contributed by atoms with Crippen molar-refractivity contribution in [3.8, 4) is 17.2 Å². The van der Waals surface area contributed by atoms with Crippen molar-refractivity contribution >= 4 is 11.7 Å². The monoisotopic (exact) mass is 282 g/mol. The summed E-state index contributed by atoms with van der Waals surface area (Å²) in [5.74, 6) is 1.19. The molecule has 0 spiro atoms. The lowest BCUT2D eigenvalue weighted by Gasteiger charge is -2.03. The lowest BCUT2D eigenvalue weighted by molar-refractivity contribution is 0.415. The molecule has 0 unspecified atom stereocenters. The Bertz CT molecular complexity index is 755. The molecule has 0 saturated heterocycles. The maximum absolute atomic E-state index is 5.61. The number of aromatic nitrogens is 3. The van der Waals surface area contributed by atoms with Crippen molar-refractivity contribution in [3.63, 3.8) is 0 Å². The van der Waals surface area contributed by atoms with Gasteiger partial charge in [-0.1, -0.05) is 11.2 Å². The van der Waals surface area contributed by atoms with Crippen molar-refractivity contribution in [2.45, 2.75) is 6.92 Å². The van der Waals surface area contributed by atoms with Crippen LogP contribution in [0.4, 0.5) is 11.7 Å². The van der Waals surface area contributed by atoms with Crippen LogP contribution in [0, 0.1) is 6.92 Å². The minimum absolute atomic E-state index is 0.321. The molecule has 0 fully saturated rings. The minimum atomic E-state index is 0.321. The van der Waals surface area contributed by atoms with Crippen molar-refractivity contribution in [2.75, 3.05) is 12.4 Å². The smallest absolute Gasteiger partial charge is 0.320 e. The van der Waals surface area contributed by atoms with Gasteiger partial charge in [0.1, 0.15) is 5.75 Å². The predicted molar refractivity (Wildman–Crippen MR) is 78.5 cm³/mol. The zero-order valence-corrected chi connectivity index (χ0v) is 11.7. The summed E-state index contributed by atoms with van der Waals surface area (Å²) in [7, 11) is 1.62. The topological polar surface area (TPSA) is 73.1 Å². The first-order chi connectivity index (χ1) is 10.3. The highest BCUT2D eigenvalue weighted by molar-refractivity contribution is 5.58. The Morgan fingerprint density at radius 2 is 2.05 bits per heavy atom. The minimum Gasteiger partial charge on any atom is -0.497 e. The van der Waals surface area contributed by atoms with Gasteiger partial charge in [0, 0.05) is 23.6 Å². The molecule has 0 radical (unpaired) electrons. The first-order valence-corrected chi connectivity index (χ1v) is 6.43. The molecular weight excluding hydrogens is 268 g/mol. The van der Waals surface area contributed by atoms with E-state index in [9.17, 15) is 0 Å². The number of ether oxygens (including phenoxy) is 1. The van der Waals surface area contributed by atoms with Gasteiger partial charge in [-0.15, -0.1) is 5.10 Å². The molecule has 3 aromatic rings. The highest BCUT2D eigenvalue weighted by Crippen LogP contribution is 2.25. The van der Waals surface area contributed by atoms with Gasteiger partial charge in [-0.25, -0.2) is 0 Å². The van der Waals surface area contributed by atoms with E-state index in [1.54, 1.807) is 13.3 Å². The summed E-state index contributed by atoms with van der Waals surface area (Å²) < 4.78 is 10.8. The predicted octanol–water partition coefficient (Wildman–Crippen LogP) is 3.19. The Morgan fingerprint density at radius 1 is 1.14 bits per heavy atom. The van der Waals surface area contributed by atoms with E-state index in [-0.39, 0.29) is 0 Å². The van der Waals surface area contributed by atoms with Crippen LogP contribution in [0.15, 0.2) is 47.0 Å². The van der Waals surface area contributed by atoms with Crippen LogP contribution in [0.5, 0.6) is 5.75 Å². The largest absolute Gasteiger partial charge is 0.497 e. The van der Waals surface area contributed by atoms with E-state index in [1.807, 2.05) is 43.3 Å². The molecule has 0 amide bonds. The summed E-state index contributed by atoms with van der Waals surface area (Å²) in [6, 6.07) is 11.5. The Hall–Kier alpha value is -2.89. The number of nitrogens with one attached hydrogen (secondary N) is 1. The summed E-state index contributed by atoms with van der Waals surface area (Å²) in [5.41, 5.74) is 2.48. The van der Waals surface area contributed by atoms with Crippen molar-refractivity contribution in [3.05, 3.63) is 48.3 Å². The fourth-order valence-corrected chi connectivity index (χ4v) is 1.92. The number of methoxy groups -OCH3 is 1. The van der Waals surface area contributed by atoms with E-state index in [0.717, 1.165) is 22.7 Å². The average Bonchev–Trinajstić information content (AvgIpc) is 2.96. The highest BCUT2D eigenvalue weighted by atomic mass is 16.5. The molecule has 0 bridgehead atoms. The maximum atomic E-state index is 5.61. The first kappa shape index (κ1) is 13.1. The van der Waals surface area contributed by atoms with Crippen molar-refractivity contribution in [1.29, 1.82) is 0 Å². The number of aryl methyl sites for hydroxylation is 1. The molecule has 0 aliphatic rings. The van der Waals surface area contributed by atoms with E-state index in [0.29, 0.717) is 11.9 Å². The molecular formula is C15H14N4O2. The SMILES string of the molecule is COc1cccc(Nc2nnc(-c3cccnc3C)o2)c1. The van der Waals surface area contributed by atoms with Gasteiger partial charge in [-0.05, 0) is 31.2 Å². The normalized spacial score (nSPS) is 10.4. The lowest BCUT2D eigenvalue weighted by Crippen LogP contribution is -1.91. The summed E-state index contributed by atoms with van der Waals surface area (Å²) in [6.45, 7) is 1.90. The molecule has 106 valence electrons. The Labute approximate surface area is 121 Å². The van der Waals surface area contributed by atoms with E-state index in [1.165, 1.54) is 0 Å². The summed E-state index contributed by atoms with van der Waals surface area (Å²) in [4.78, 5) is 4.21. The first-order valence-electron chi connectivity index (χ1n) is 6.43. The quantitative estimate of drug-likeness (QED) is 0.792. The Kier molecular flexibility index (Phi) is 3.51. The standard InChI is InChI=1S/C15H14N4O2/c1-10-13(7-4-8-16-10)14-18-19-15(21-14)17-11-5-3-6-12(9-11)20-2/h3-9H,1-2H3,(H,17,19). The fourth-order valence-electron chi connectivity index (χ4n) is 1.92. The van der Waals surface area contributed by atoms with Gasteiger partial charge in [0.2, 0.25) is 0 Å². The van der Waals surface area contributed by atoms with Crippen molar-refractivity contribution < 1.29 is 9.15 Å². The molecule has 1 N–H and O–H groups in total. The second kappa shape index (κ2) is 5.62. The third-order valence-corrected chi connectivity index (χ3v) is 2.98. The molecule has 21 heavy (non-hydrogen) atoms. The zero-order chi connectivity index (χ0) is 14.7. The van der Waals surface area contributed by atoms with Crippen molar-refractivity contribution in [1.82, 2.24) is 15.2 Å². The van der Waals surface area contributed by atoms with Gasteiger partial charge in [0.25, 0.3) is 5.89 Å². The van der Waals surface area contributed by atoms with Crippen LogP contribution in [0.3, 0.4) is 0 Å². The Balaban J connectivity index is 1.84. The molecule has 0 aliphatic carbocycles. The number of hydrogen-bond donors (Lipinski definition) is 1. The number of hydrogen-bond acceptors (Lipinski definition) is 6. The number of rotatable bonds is 4. The molecule has 0 atom stereocenters. The zero-order valence-electron chi connectivity index (χ0n) is 11.7. The van der Waals surface area contributed by atoms with Crippen LogP contribution < -0.4 is 10.1 Å². The summed E-state index contributed by atoms with van der Waals surface area (Å²) >= 11 is 0. The highest BCUT2D eigenvalue weighted by Gasteiger charge is 2.11. The van der Waals surface area contributed by atoms with E-state index < -0.39 is 0 Å². The maximum Gasteiger partial charge on any atom is 0.320 e. The van der Waals surface area contributed by atoms with Gasteiger partial charge < -0.3 is 14.5 Å². The molecule has 2 heterocycles. The van der Waals surface area contributed by atoms with Gasteiger partial charge in [-0.3, -0.25) is 4.98 Å². The Morgan fingerprint density at radius 3 is 2.86 bits per heavy atom. The lowest BCUT2D eigenvalue weighted by atomic mass is 10.2. The summed E-state index contributed by atoms with van der Waals surface area (Å²) in [5, 5.41) is 11.1. The number of benzene rings is 1. The van der Waals surface area contributed by atoms with Crippen molar-refractivity contribution in [2.24, 2.45) is 0 Å². The second-order valence-electron chi connectivity index (χ2n) is 4.41. The van der Waals surface area contributed by atoms with E-state index in [4.69, 9.17) is 9.15 Å². The van der Waals surface area contributed by atoms with Gasteiger partial charge >= 0.3 is 6.01 Å². The average molecular weight is 282 g/mol. The molecule has 2 aromatic heterocycles.